The van der Waals surface area contributed by atoms with E-state index in [1.807, 2.05) is 0 Å². The maximum absolute atomic E-state index is 13.1. The van der Waals surface area contributed by atoms with Crippen molar-refractivity contribution in [1.82, 2.24) is 4.90 Å². The summed E-state index contributed by atoms with van der Waals surface area (Å²) in [6.07, 6.45) is 2.42. The van der Waals surface area contributed by atoms with E-state index >= 15 is 0 Å². The number of benzene rings is 1. The van der Waals surface area contributed by atoms with Crippen LogP contribution in [0.25, 0.3) is 0 Å². The van der Waals surface area contributed by atoms with Crippen LogP contribution in [0.2, 0.25) is 5.02 Å². The van der Waals surface area contributed by atoms with Crippen LogP contribution in [0.5, 0.6) is 0 Å². The molecular weight excluding hydrogens is 269 g/mol. The minimum atomic E-state index is -0.538. The SMILES string of the molecule is CN(C(=O)c1ccc(F)c(Cl)c1)C1CCC(=O)CC1. The van der Waals surface area contributed by atoms with Crippen LogP contribution in [0.15, 0.2) is 18.2 Å². The third kappa shape index (κ3) is 3.13. The lowest BCUT2D eigenvalue weighted by Gasteiger charge is -2.30. The second-order valence-electron chi connectivity index (χ2n) is 4.81. The van der Waals surface area contributed by atoms with Gasteiger partial charge in [0.15, 0.2) is 0 Å². The monoisotopic (exact) mass is 283 g/mol. The summed E-state index contributed by atoms with van der Waals surface area (Å²) in [5, 5.41) is -0.0573. The molecule has 0 unspecified atom stereocenters. The molecule has 1 aromatic carbocycles. The molecule has 102 valence electrons. The van der Waals surface area contributed by atoms with Gasteiger partial charge in [0.25, 0.3) is 5.91 Å². The lowest BCUT2D eigenvalue weighted by molar-refractivity contribution is -0.121. The number of halogens is 2. The van der Waals surface area contributed by atoms with Gasteiger partial charge in [0, 0.05) is 31.5 Å². The second-order valence-corrected chi connectivity index (χ2v) is 5.22. The average molecular weight is 284 g/mol. The van der Waals surface area contributed by atoms with E-state index in [9.17, 15) is 14.0 Å². The molecule has 0 radical (unpaired) electrons. The first kappa shape index (κ1) is 14.0. The quantitative estimate of drug-likeness (QED) is 0.836. The first-order valence-electron chi connectivity index (χ1n) is 6.23. The summed E-state index contributed by atoms with van der Waals surface area (Å²) in [7, 11) is 1.71. The van der Waals surface area contributed by atoms with Crippen molar-refractivity contribution in [3.8, 4) is 0 Å². The van der Waals surface area contributed by atoms with Gasteiger partial charge in [0.1, 0.15) is 11.6 Å². The Morgan fingerprint density at radius 1 is 1.37 bits per heavy atom. The highest BCUT2D eigenvalue weighted by molar-refractivity contribution is 6.31. The van der Waals surface area contributed by atoms with E-state index in [4.69, 9.17) is 11.6 Å². The summed E-state index contributed by atoms with van der Waals surface area (Å²) >= 11 is 5.68. The summed E-state index contributed by atoms with van der Waals surface area (Å²) in [4.78, 5) is 25.1. The van der Waals surface area contributed by atoms with Gasteiger partial charge in [-0.05, 0) is 31.0 Å². The largest absolute Gasteiger partial charge is 0.339 e. The zero-order chi connectivity index (χ0) is 14.0. The smallest absolute Gasteiger partial charge is 0.253 e. The molecule has 1 saturated carbocycles. The molecule has 1 aliphatic carbocycles. The van der Waals surface area contributed by atoms with Gasteiger partial charge in [-0.3, -0.25) is 9.59 Å². The number of rotatable bonds is 2. The molecule has 1 aliphatic rings. The number of nitrogens with zero attached hydrogens (tertiary/aromatic N) is 1. The minimum Gasteiger partial charge on any atom is -0.339 e. The zero-order valence-electron chi connectivity index (χ0n) is 10.7. The summed E-state index contributed by atoms with van der Waals surface area (Å²) < 4.78 is 13.1. The number of ketones is 1. The molecule has 0 atom stereocenters. The van der Waals surface area contributed by atoms with Crippen molar-refractivity contribution in [2.45, 2.75) is 31.7 Å². The maximum atomic E-state index is 13.1. The van der Waals surface area contributed by atoms with E-state index in [-0.39, 0.29) is 22.8 Å². The van der Waals surface area contributed by atoms with Crippen LogP contribution in [0, 0.1) is 5.82 Å². The predicted octanol–water partition coefficient (Wildman–Crippen LogP) is 3.06. The standard InChI is InChI=1S/C14H15ClFNO2/c1-17(10-3-5-11(18)6-4-10)14(19)9-2-7-13(16)12(15)8-9/h2,7-8,10H,3-6H2,1H3. The first-order chi connectivity index (χ1) is 8.99. The fourth-order valence-corrected chi connectivity index (χ4v) is 2.49. The number of Topliss-reactive ketones (excluding diaryl/α,β-unsaturated/α-hetero) is 1. The first-order valence-corrected chi connectivity index (χ1v) is 6.60. The van der Waals surface area contributed by atoms with E-state index in [2.05, 4.69) is 0 Å². The van der Waals surface area contributed by atoms with Crippen molar-refractivity contribution < 1.29 is 14.0 Å². The van der Waals surface area contributed by atoms with Crippen LogP contribution >= 0.6 is 11.6 Å². The minimum absolute atomic E-state index is 0.0573. The van der Waals surface area contributed by atoms with Gasteiger partial charge in [-0.25, -0.2) is 4.39 Å². The van der Waals surface area contributed by atoms with Crippen LogP contribution < -0.4 is 0 Å². The summed E-state index contributed by atoms with van der Waals surface area (Å²) in [5.41, 5.74) is 0.366. The number of carbonyl (C=O) groups is 2. The van der Waals surface area contributed by atoms with E-state index in [1.165, 1.54) is 18.2 Å². The average Bonchev–Trinajstić information content (AvgIpc) is 2.41. The Hall–Kier alpha value is -1.42. The zero-order valence-corrected chi connectivity index (χ0v) is 11.4. The Morgan fingerprint density at radius 3 is 2.58 bits per heavy atom. The van der Waals surface area contributed by atoms with Crippen LogP contribution in [-0.2, 0) is 4.79 Å². The number of carbonyl (C=O) groups excluding carboxylic acids is 2. The molecule has 0 N–H and O–H groups in total. The summed E-state index contributed by atoms with van der Waals surface area (Å²) in [6, 6.07) is 4.01. The summed E-state index contributed by atoms with van der Waals surface area (Å²) in [5.74, 6) is -0.479. The van der Waals surface area contributed by atoms with E-state index in [1.54, 1.807) is 11.9 Å². The molecule has 0 aliphatic heterocycles. The Balaban J connectivity index is 2.10. The highest BCUT2D eigenvalue weighted by Crippen LogP contribution is 2.22. The van der Waals surface area contributed by atoms with E-state index in [0.29, 0.717) is 31.2 Å². The van der Waals surface area contributed by atoms with Crippen molar-refractivity contribution >= 4 is 23.3 Å². The van der Waals surface area contributed by atoms with Crippen molar-refractivity contribution in [3.63, 3.8) is 0 Å². The molecule has 0 bridgehead atoms. The van der Waals surface area contributed by atoms with E-state index in [0.717, 1.165) is 0 Å². The lowest BCUT2D eigenvalue weighted by Crippen LogP contribution is -2.39. The topological polar surface area (TPSA) is 37.4 Å². The van der Waals surface area contributed by atoms with Crippen molar-refractivity contribution in [3.05, 3.63) is 34.6 Å². The summed E-state index contributed by atoms with van der Waals surface area (Å²) in [6.45, 7) is 0. The number of amides is 1. The maximum Gasteiger partial charge on any atom is 0.253 e. The van der Waals surface area contributed by atoms with Crippen molar-refractivity contribution in [2.75, 3.05) is 7.05 Å². The number of hydrogen-bond donors (Lipinski definition) is 0. The van der Waals surface area contributed by atoms with Crippen LogP contribution in [0.4, 0.5) is 4.39 Å². The van der Waals surface area contributed by atoms with Gasteiger partial charge in [-0.2, -0.15) is 0 Å². The van der Waals surface area contributed by atoms with Gasteiger partial charge < -0.3 is 4.90 Å². The molecule has 2 rings (SSSR count). The fourth-order valence-electron chi connectivity index (χ4n) is 2.31. The Kier molecular flexibility index (Phi) is 4.20. The predicted molar refractivity (Wildman–Crippen MR) is 70.8 cm³/mol. The second kappa shape index (κ2) is 5.70. The highest BCUT2D eigenvalue weighted by atomic mass is 35.5. The Bertz CT molecular complexity index is 508. The Morgan fingerprint density at radius 2 is 2.00 bits per heavy atom. The van der Waals surface area contributed by atoms with Gasteiger partial charge in [-0.1, -0.05) is 11.6 Å². The molecule has 0 heterocycles. The molecule has 0 saturated heterocycles. The highest BCUT2D eigenvalue weighted by Gasteiger charge is 2.26. The van der Waals surface area contributed by atoms with Gasteiger partial charge in [0.05, 0.1) is 5.02 Å². The van der Waals surface area contributed by atoms with Gasteiger partial charge in [-0.15, -0.1) is 0 Å². The molecule has 0 spiro atoms. The molecule has 19 heavy (non-hydrogen) atoms. The van der Waals surface area contributed by atoms with Gasteiger partial charge in [0.2, 0.25) is 0 Å². The molecule has 1 aromatic rings. The van der Waals surface area contributed by atoms with Crippen LogP contribution in [0.1, 0.15) is 36.0 Å². The van der Waals surface area contributed by atoms with Crippen LogP contribution in [0.3, 0.4) is 0 Å². The van der Waals surface area contributed by atoms with Crippen molar-refractivity contribution in [1.29, 1.82) is 0 Å². The fraction of sp³-hybridized carbons (Fsp3) is 0.429. The third-order valence-electron chi connectivity index (χ3n) is 3.55. The van der Waals surface area contributed by atoms with Crippen LogP contribution in [-0.4, -0.2) is 29.7 Å². The lowest BCUT2D eigenvalue weighted by atomic mass is 9.93. The number of hydrogen-bond acceptors (Lipinski definition) is 2. The van der Waals surface area contributed by atoms with E-state index < -0.39 is 5.82 Å². The van der Waals surface area contributed by atoms with Crippen molar-refractivity contribution in [2.24, 2.45) is 0 Å². The molecule has 5 heteroatoms. The third-order valence-corrected chi connectivity index (χ3v) is 3.84. The molecule has 1 fully saturated rings. The molecule has 3 nitrogen and oxygen atoms in total. The van der Waals surface area contributed by atoms with Gasteiger partial charge >= 0.3 is 0 Å². The molecular formula is C14H15ClFNO2. The molecule has 0 aromatic heterocycles. The molecule has 1 amide bonds. The Labute approximate surface area is 116 Å². The normalized spacial score (nSPS) is 16.5.